The van der Waals surface area contributed by atoms with E-state index >= 15 is 0 Å². The van der Waals surface area contributed by atoms with E-state index in [4.69, 9.17) is 4.74 Å². The van der Waals surface area contributed by atoms with Crippen LogP contribution in [0, 0.1) is 5.92 Å². The fraction of sp³-hybridized carbons (Fsp3) is 0.308. The minimum Gasteiger partial charge on any atom is -0.378 e. The van der Waals surface area contributed by atoms with E-state index in [1.54, 1.807) is 29.2 Å². The van der Waals surface area contributed by atoms with Gasteiger partial charge in [-0.25, -0.2) is 4.90 Å². The number of benzene rings is 2. The van der Waals surface area contributed by atoms with Gasteiger partial charge in [0, 0.05) is 32.8 Å². The predicted octanol–water partition coefficient (Wildman–Crippen LogP) is 4.09. The number of amides is 3. The second-order valence-electron chi connectivity index (χ2n) is 9.20. The molecule has 0 unspecified atom stereocenters. The zero-order chi connectivity index (χ0) is 26.6. The van der Waals surface area contributed by atoms with Crippen LogP contribution in [0.5, 0.6) is 0 Å². The molecule has 3 amide bonds. The van der Waals surface area contributed by atoms with Gasteiger partial charge in [-0.1, -0.05) is 67.1 Å². The number of rotatable bonds is 4. The number of fused-ring (bicyclic) bond motifs is 2. The van der Waals surface area contributed by atoms with Gasteiger partial charge < -0.3 is 9.64 Å². The molecule has 2 aromatic carbocycles. The van der Waals surface area contributed by atoms with Gasteiger partial charge in [0.15, 0.2) is 0 Å². The summed E-state index contributed by atoms with van der Waals surface area (Å²) in [4.78, 5) is 57.4. The second kappa shape index (κ2) is 10.4. The molecular weight excluding hydrogens is 658 g/mol. The minimum absolute atomic E-state index is 0.112. The summed E-state index contributed by atoms with van der Waals surface area (Å²) in [5.74, 6) is -1.95. The first-order chi connectivity index (χ1) is 18.3. The Morgan fingerprint density at radius 3 is 2.42 bits per heavy atom. The molecule has 0 saturated carbocycles. The molecule has 2 saturated heterocycles. The van der Waals surface area contributed by atoms with E-state index in [-0.39, 0.29) is 29.1 Å². The van der Waals surface area contributed by atoms with Crippen LogP contribution in [0.3, 0.4) is 0 Å². The van der Waals surface area contributed by atoms with Crippen molar-refractivity contribution in [2.45, 2.75) is 22.7 Å². The fourth-order valence-electron chi connectivity index (χ4n) is 5.21. The number of imide groups is 1. The van der Waals surface area contributed by atoms with Crippen LogP contribution in [-0.4, -0.2) is 58.7 Å². The van der Waals surface area contributed by atoms with Crippen molar-refractivity contribution in [2.75, 3.05) is 31.2 Å². The Morgan fingerprint density at radius 2 is 1.71 bits per heavy atom. The molecule has 0 aliphatic carbocycles. The fourth-order valence-corrected chi connectivity index (χ4v) is 8.66. The Bertz CT molecular complexity index is 1500. The first kappa shape index (κ1) is 26.0. The van der Waals surface area contributed by atoms with Crippen LogP contribution < -0.4 is 9.77 Å². The quantitative estimate of drug-likeness (QED) is 0.387. The third-order valence-corrected chi connectivity index (χ3v) is 10.6. The molecule has 196 valence electrons. The summed E-state index contributed by atoms with van der Waals surface area (Å²) < 4.78 is 8.50. The largest absolute Gasteiger partial charge is 0.378 e. The van der Waals surface area contributed by atoms with E-state index in [9.17, 15) is 19.2 Å². The number of hydrogen-bond donors (Lipinski definition) is 0. The van der Waals surface area contributed by atoms with Crippen molar-refractivity contribution < 1.29 is 19.1 Å². The van der Waals surface area contributed by atoms with Crippen LogP contribution in [0.2, 0.25) is 0 Å². The molecule has 3 aliphatic rings. The normalized spacial score (nSPS) is 22.9. The van der Waals surface area contributed by atoms with Crippen LogP contribution in [0.1, 0.15) is 16.4 Å². The van der Waals surface area contributed by atoms with Gasteiger partial charge in [0.05, 0.1) is 29.8 Å². The van der Waals surface area contributed by atoms with Crippen molar-refractivity contribution in [1.29, 1.82) is 0 Å². The van der Waals surface area contributed by atoms with Crippen LogP contribution in [0.4, 0.5) is 5.69 Å². The third kappa shape index (κ3) is 4.49. The maximum Gasteiger partial charge on any atom is 0.308 e. The molecule has 0 N–H and O–H groups in total. The minimum atomic E-state index is -0.721. The Balaban J connectivity index is 1.44. The van der Waals surface area contributed by atoms with Crippen LogP contribution >= 0.6 is 55.0 Å². The number of morpholine rings is 1. The third-order valence-electron chi connectivity index (χ3n) is 7.00. The van der Waals surface area contributed by atoms with E-state index in [0.717, 1.165) is 25.8 Å². The van der Waals surface area contributed by atoms with E-state index in [1.165, 1.54) is 21.2 Å². The molecule has 12 heteroatoms. The average molecular weight is 679 g/mol. The van der Waals surface area contributed by atoms with Crippen molar-refractivity contribution >= 4 is 78.4 Å². The van der Waals surface area contributed by atoms with Crippen molar-refractivity contribution in [1.82, 2.24) is 9.47 Å². The molecule has 1 aromatic heterocycles. The summed E-state index contributed by atoms with van der Waals surface area (Å²) >= 11 is 9.21. The molecule has 0 radical (unpaired) electrons. The van der Waals surface area contributed by atoms with Crippen molar-refractivity contribution in [3.63, 3.8) is 0 Å². The van der Waals surface area contributed by atoms with Crippen molar-refractivity contribution in [3.8, 4) is 0 Å². The molecule has 8 nitrogen and oxygen atoms in total. The second-order valence-corrected chi connectivity index (χ2v) is 13.2. The standard InChI is InChI=1S/C26H21Br2N3O5S2/c27-15-4-6-17(7-5-15)31-23(33)20-19(14-2-1-3-16(28)12-14)22-25(37-21(20)24(31)34)30(26(35)38-22)13-18(32)29-8-10-36-11-9-29/h1-7,12,19-21H,8-11,13H2/t19-,20-,21+/m0/s1. The maximum absolute atomic E-state index is 13.9. The van der Waals surface area contributed by atoms with Gasteiger partial charge in [-0.3, -0.25) is 23.7 Å². The summed E-state index contributed by atoms with van der Waals surface area (Å²) in [5.41, 5.74) is 1.34. The molecule has 4 heterocycles. The van der Waals surface area contributed by atoms with Gasteiger partial charge in [0.2, 0.25) is 17.7 Å². The lowest BCUT2D eigenvalue weighted by Gasteiger charge is -2.31. The Labute approximate surface area is 243 Å². The van der Waals surface area contributed by atoms with Gasteiger partial charge in [-0.15, -0.1) is 0 Å². The number of hydrogen-bond acceptors (Lipinski definition) is 7. The molecule has 2 fully saturated rings. The van der Waals surface area contributed by atoms with E-state index in [2.05, 4.69) is 31.9 Å². The number of carbonyl (C=O) groups is 3. The van der Waals surface area contributed by atoms with Gasteiger partial charge in [-0.2, -0.15) is 0 Å². The highest BCUT2D eigenvalue weighted by molar-refractivity contribution is 9.10. The lowest BCUT2D eigenvalue weighted by Crippen LogP contribution is -2.43. The number of thiazole rings is 1. The molecule has 38 heavy (non-hydrogen) atoms. The Morgan fingerprint density at radius 1 is 0.974 bits per heavy atom. The average Bonchev–Trinajstić information content (AvgIpc) is 3.36. The number of nitrogens with zero attached hydrogens (tertiary/aromatic N) is 3. The molecular formula is C26H21Br2N3O5S2. The monoisotopic (exact) mass is 677 g/mol. The van der Waals surface area contributed by atoms with E-state index < -0.39 is 17.1 Å². The first-order valence-corrected chi connectivity index (χ1v) is 15.3. The Hall–Kier alpha value is -2.25. The number of ether oxygens (including phenoxy) is 1. The maximum atomic E-state index is 13.9. The van der Waals surface area contributed by atoms with Crippen LogP contribution in [-0.2, 0) is 25.7 Å². The van der Waals surface area contributed by atoms with E-state index in [1.807, 2.05) is 24.3 Å². The van der Waals surface area contributed by atoms with Crippen LogP contribution in [0.15, 0.2) is 67.3 Å². The summed E-state index contributed by atoms with van der Waals surface area (Å²) in [6.07, 6.45) is 0. The van der Waals surface area contributed by atoms with Gasteiger partial charge in [-0.05, 0) is 42.0 Å². The SMILES string of the molecule is O=C(Cn1c2c(sc1=O)[C@@H](c1cccc(Br)c1)[C@@H]1C(=O)N(c3ccc(Br)cc3)C(=O)[C@@H]1S2)N1CCOCC1. The Kier molecular flexibility index (Phi) is 7.10. The molecule has 3 aromatic rings. The topological polar surface area (TPSA) is 88.9 Å². The lowest BCUT2D eigenvalue weighted by molar-refractivity contribution is -0.136. The summed E-state index contributed by atoms with van der Waals surface area (Å²) in [6, 6.07) is 14.7. The highest BCUT2D eigenvalue weighted by Crippen LogP contribution is 2.54. The van der Waals surface area contributed by atoms with E-state index in [0.29, 0.717) is 41.9 Å². The molecule has 3 aliphatic heterocycles. The number of carbonyl (C=O) groups excluding carboxylic acids is 3. The van der Waals surface area contributed by atoms with Gasteiger partial charge >= 0.3 is 4.87 Å². The summed E-state index contributed by atoms with van der Waals surface area (Å²) in [5, 5.41) is -0.131. The van der Waals surface area contributed by atoms with Crippen molar-refractivity contribution in [3.05, 3.63) is 77.6 Å². The molecule has 0 spiro atoms. The summed E-state index contributed by atoms with van der Waals surface area (Å²) in [6.45, 7) is 1.78. The number of aromatic nitrogens is 1. The predicted molar refractivity (Wildman–Crippen MR) is 152 cm³/mol. The zero-order valence-electron chi connectivity index (χ0n) is 19.8. The molecule has 0 bridgehead atoms. The van der Waals surface area contributed by atoms with Gasteiger partial charge in [0.25, 0.3) is 0 Å². The molecule has 6 rings (SSSR count). The zero-order valence-corrected chi connectivity index (χ0v) is 24.6. The lowest BCUT2D eigenvalue weighted by atomic mass is 9.83. The highest BCUT2D eigenvalue weighted by Gasteiger charge is 2.56. The molecule has 3 atom stereocenters. The number of thioether (sulfide) groups is 1. The first-order valence-electron chi connectivity index (χ1n) is 12.0. The van der Waals surface area contributed by atoms with Crippen molar-refractivity contribution in [2.24, 2.45) is 5.92 Å². The highest BCUT2D eigenvalue weighted by atomic mass is 79.9. The number of halogens is 2. The number of anilines is 1. The smallest absolute Gasteiger partial charge is 0.308 e. The summed E-state index contributed by atoms with van der Waals surface area (Å²) in [7, 11) is 0. The van der Waals surface area contributed by atoms with Gasteiger partial charge in [0.1, 0.15) is 11.8 Å². The van der Waals surface area contributed by atoms with Crippen LogP contribution in [0.25, 0.3) is 0 Å².